The first-order chi connectivity index (χ1) is 14.0. The zero-order chi connectivity index (χ0) is 22.1. The van der Waals surface area contributed by atoms with Crippen LogP contribution < -0.4 is 16.4 Å². The number of nitrogens with two attached hydrogens (primary N) is 1. The second-order valence-corrected chi connectivity index (χ2v) is 7.55. The number of nitrogens with one attached hydrogen (secondary N) is 2. The van der Waals surface area contributed by atoms with Crippen molar-refractivity contribution in [1.82, 2.24) is 15.6 Å². The summed E-state index contributed by atoms with van der Waals surface area (Å²) in [5.74, 6) is -1.59. The summed E-state index contributed by atoms with van der Waals surface area (Å²) < 4.78 is 38.3. The lowest BCUT2D eigenvalue weighted by atomic mass is 10.1. The summed E-state index contributed by atoms with van der Waals surface area (Å²) in [6.45, 7) is 0. The van der Waals surface area contributed by atoms with Gasteiger partial charge in [0.25, 0.3) is 11.8 Å². The molecule has 3 rings (SSSR count). The van der Waals surface area contributed by atoms with Crippen LogP contribution in [0.3, 0.4) is 0 Å². The molecule has 0 bridgehead atoms. The molecule has 0 unspecified atom stereocenters. The van der Waals surface area contributed by atoms with Crippen molar-refractivity contribution in [1.29, 1.82) is 0 Å². The number of nitrogens with zero attached hydrogens (tertiary/aromatic N) is 1. The lowest BCUT2D eigenvalue weighted by molar-refractivity contribution is -0.137. The fourth-order valence-corrected chi connectivity index (χ4v) is 3.42. The minimum absolute atomic E-state index is 0.214. The van der Waals surface area contributed by atoms with Crippen molar-refractivity contribution >= 4 is 36.0 Å². The largest absolute Gasteiger partial charge is 0.417 e. The van der Waals surface area contributed by atoms with E-state index in [1.807, 2.05) is 12.1 Å². The van der Waals surface area contributed by atoms with Gasteiger partial charge >= 0.3 is 6.18 Å². The highest BCUT2D eigenvalue weighted by Crippen LogP contribution is 2.29. The summed E-state index contributed by atoms with van der Waals surface area (Å²) >= 11 is 9.97. The van der Waals surface area contributed by atoms with E-state index >= 15 is 0 Å². The van der Waals surface area contributed by atoms with Crippen LogP contribution >= 0.6 is 24.2 Å². The molecule has 1 heterocycles. The van der Waals surface area contributed by atoms with Crippen molar-refractivity contribution < 1.29 is 22.8 Å². The van der Waals surface area contributed by atoms with Gasteiger partial charge in [0.15, 0.2) is 0 Å². The summed E-state index contributed by atoms with van der Waals surface area (Å²) in [5.41, 5.74) is 6.03. The molecule has 1 aromatic carbocycles. The van der Waals surface area contributed by atoms with Gasteiger partial charge in [0.05, 0.1) is 11.1 Å². The molecule has 1 atom stereocenters. The minimum atomic E-state index is -4.65. The molecule has 0 saturated heterocycles. The number of fused-ring (bicyclic) bond motifs is 1. The number of thiol groups is 1. The Hall–Kier alpha value is -2.72. The molecule has 11 heteroatoms. The molecule has 0 saturated carbocycles. The first-order valence-corrected chi connectivity index (χ1v) is 9.47. The fraction of sp³-hybridized carbons (Fsp3) is 0.211. The van der Waals surface area contributed by atoms with Crippen LogP contribution in [-0.2, 0) is 23.8 Å². The molecule has 0 aliphatic heterocycles. The van der Waals surface area contributed by atoms with Crippen LogP contribution in [0.5, 0.6) is 0 Å². The van der Waals surface area contributed by atoms with Crippen LogP contribution in [0.25, 0.3) is 0 Å². The number of amides is 2. The van der Waals surface area contributed by atoms with E-state index in [9.17, 15) is 22.8 Å². The lowest BCUT2D eigenvalue weighted by Crippen LogP contribution is -2.39. The Bertz CT molecular complexity index is 1040. The van der Waals surface area contributed by atoms with E-state index in [1.165, 1.54) is 0 Å². The Kier molecular flexibility index (Phi) is 6.27. The predicted molar refractivity (Wildman–Crippen MR) is 108 cm³/mol. The number of benzene rings is 1. The quantitative estimate of drug-likeness (QED) is 0.420. The van der Waals surface area contributed by atoms with Crippen molar-refractivity contribution in [2.45, 2.75) is 25.1 Å². The van der Waals surface area contributed by atoms with Gasteiger partial charge in [-0.25, -0.2) is 0 Å². The van der Waals surface area contributed by atoms with E-state index in [-0.39, 0.29) is 22.3 Å². The Morgan fingerprint density at radius 2 is 1.87 bits per heavy atom. The average Bonchev–Trinajstić information content (AvgIpc) is 3.07. The second-order valence-electron chi connectivity index (χ2n) is 6.67. The molecule has 1 aromatic heterocycles. The van der Waals surface area contributed by atoms with E-state index in [2.05, 4.69) is 28.2 Å². The van der Waals surface area contributed by atoms with Gasteiger partial charge in [0.2, 0.25) is 0 Å². The lowest BCUT2D eigenvalue weighted by Gasteiger charge is -2.14. The highest BCUT2D eigenvalue weighted by molar-refractivity contribution is 7.84. The summed E-state index contributed by atoms with van der Waals surface area (Å²) in [4.78, 5) is 28.0. The SMILES string of the molecule is N/C(C(=O)N[C@@H]1Cc2ccc(Cl)cc2C1)=C(\S)NC(=O)c1cncc(C(F)(F)F)c1. The number of alkyl halides is 3. The number of pyridine rings is 1. The number of halogens is 4. The number of rotatable bonds is 4. The maximum atomic E-state index is 12.8. The second kappa shape index (κ2) is 8.57. The molecule has 2 aromatic rings. The van der Waals surface area contributed by atoms with Gasteiger partial charge in [-0.1, -0.05) is 17.7 Å². The molecule has 0 spiro atoms. The van der Waals surface area contributed by atoms with Gasteiger partial charge in [-0.3, -0.25) is 14.6 Å². The van der Waals surface area contributed by atoms with Crippen LogP contribution in [-0.4, -0.2) is 22.8 Å². The van der Waals surface area contributed by atoms with Crippen LogP contribution in [0, 0.1) is 0 Å². The van der Waals surface area contributed by atoms with E-state index < -0.39 is 23.6 Å². The number of carbonyl (C=O) groups is 2. The summed E-state index contributed by atoms with van der Waals surface area (Å²) in [7, 11) is 0. The van der Waals surface area contributed by atoms with Gasteiger partial charge in [0, 0.05) is 23.5 Å². The molecule has 158 valence electrons. The molecule has 2 amide bonds. The van der Waals surface area contributed by atoms with Gasteiger partial charge < -0.3 is 16.4 Å². The number of hydrogen-bond donors (Lipinski definition) is 4. The van der Waals surface area contributed by atoms with Gasteiger partial charge in [-0.15, -0.1) is 12.6 Å². The molecule has 4 N–H and O–H groups in total. The standard InChI is InChI=1S/C19H16ClF3N4O2S/c20-13-2-1-9-5-14(6-10(9)4-13)26-17(29)15(24)18(30)27-16(28)11-3-12(8-25-7-11)19(21,22)23/h1-4,7-8,14,30H,5-6,24H2,(H,26,29)(H,27,28)/b18-15-/t14-/m1/s1. The number of hydrogen-bond acceptors (Lipinski definition) is 5. The minimum Gasteiger partial charge on any atom is -0.392 e. The highest BCUT2D eigenvalue weighted by Gasteiger charge is 2.31. The number of aromatic nitrogens is 1. The normalized spacial score (nSPS) is 16.5. The summed E-state index contributed by atoms with van der Waals surface area (Å²) in [6.07, 6.45) is -1.93. The van der Waals surface area contributed by atoms with E-state index in [0.29, 0.717) is 30.1 Å². The Balaban J connectivity index is 1.65. The molecular weight excluding hydrogens is 441 g/mol. The molecule has 6 nitrogen and oxygen atoms in total. The fourth-order valence-electron chi connectivity index (χ4n) is 3.03. The van der Waals surface area contributed by atoms with Crippen molar-refractivity contribution in [3.05, 3.63) is 74.7 Å². The van der Waals surface area contributed by atoms with Crippen LogP contribution in [0.4, 0.5) is 13.2 Å². The first-order valence-electron chi connectivity index (χ1n) is 8.65. The van der Waals surface area contributed by atoms with Crippen molar-refractivity contribution in [2.75, 3.05) is 0 Å². The van der Waals surface area contributed by atoms with Crippen LogP contribution in [0.15, 0.2) is 47.4 Å². The van der Waals surface area contributed by atoms with Crippen LogP contribution in [0.2, 0.25) is 5.02 Å². The van der Waals surface area contributed by atoms with Gasteiger partial charge in [0.1, 0.15) is 10.7 Å². The first kappa shape index (κ1) is 22.0. The third-order valence-electron chi connectivity index (χ3n) is 4.50. The highest BCUT2D eigenvalue weighted by atomic mass is 35.5. The third-order valence-corrected chi connectivity index (χ3v) is 5.08. The van der Waals surface area contributed by atoms with Crippen LogP contribution in [0.1, 0.15) is 27.0 Å². The molecular formula is C19H16ClF3N4O2S. The maximum absolute atomic E-state index is 12.8. The summed E-state index contributed by atoms with van der Waals surface area (Å²) in [5, 5.41) is 5.26. The maximum Gasteiger partial charge on any atom is 0.417 e. The molecule has 30 heavy (non-hydrogen) atoms. The monoisotopic (exact) mass is 456 g/mol. The Morgan fingerprint density at radius 1 is 1.17 bits per heavy atom. The number of carbonyl (C=O) groups excluding carboxylic acids is 2. The van der Waals surface area contributed by atoms with Crippen molar-refractivity contribution in [3.8, 4) is 0 Å². The molecule has 1 aliphatic rings. The molecule has 0 fully saturated rings. The molecule has 1 aliphatic carbocycles. The zero-order valence-electron chi connectivity index (χ0n) is 15.3. The Labute approximate surface area is 180 Å². The Morgan fingerprint density at radius 3 is 2.57 bits per heavy atom. The van der Waals surface area contributed by atoms with Gasteiger partial charge in [-0.05, 0) is 42.2 Å². The smallest absolute Gasteiger partial charge is 0.392 e. The molecule has 0 radical (unpaired) electrons. The predicted octanol–water partition coefficient (Wildman–Crippen LogP) is 2.82. The average molecular weight is 457 g/mol. The third kappa shape index (κ3) is 5.06. The van der Waals surface area contributed by atoms with E-state index in [4.69, 9.17) is 17.3 Å². The van der Waals surface area contributed by atoms with E-state index in [0.717, 1.165) is 17.3 Å². The summed E-state index contributed by atoms with van der Waals surface area (Å²) in [6, 6.07) is 5.91. The zero-order valence-corrected chi connectivity index (χ0v) is 16.9. The van der Waals surface area contributed by atoms with Gasteiger partial charge in [-0.2, -0.15) is 13.2 Å². The topological polar surface area (TPSA) is 97.1 Å². The van der Waals surface area contributed by atoms with Crippen molar-refractivity contribution in [2.24, 2.45) is 5.73 Å². The van der Waals surface area contributed by atoms with E-state index in [1.54, 1.807) is 6.07 Å². The van der Waals surface area contributed by atoms with Crippen molar-refractivity contribution in [3.63, 3.8) is 0 Å².